The van der Waals surface area contributed by atoms with Gasteiger partial charge in [-0.1, -0.05) is 41.9 Å². The van der Waals surface area contributed by atoms with E-state index in [1.165, 1.54) is 30.3 Å². The normalized spacial score (nSPS) is 12.7. The van der Waals surface area contributed by atoms with E-state index in [9.17, 15) is 26.4 Å². The number of carbonyl (C=O) groups excluding carboxylic acids is 1. The van der Waals surface area contributed by atoms with Gasteiger partial charge in [0.05, 0.1) is 22.1 Å². The Morgan fingerprint density at radius 3 is 2.29 bits per heavy atom. The summed E-state index contributed by atoms with van der Waals surface area (Å²) in [5.41, 5.74) is -0.647. The second-order valence-corrected chi connectivity index (χ2v) is 9.57. The predicted octanol–water partition coefficient (Wildman–Crippen LogP) is 5.29. The molecule has 3 rings (SSSR count). The summed E-state index contributed by atoms with van der Waals surface area (Å²) >= 11 is 5.64. The lowest BCUT2D eigenvalue weighted by molar-refractivity contribution is -0.137. The summed E-state index contributed by atoms with van der Waals surface area (Å²) in [6, 6.07) is 15.8. The first kappa shape index (κ1) is 26.5. The van der Waals surface area contributed by atoms with Crippen molar-refractivity contribution in [1.29, 1.82) is 0 Å². The van der Waals surface area contributed by atoms with Gasteiger partial charge in [0.1, 0.15) is 11.8 Å². The van der Waals surface area contributed by atoms with Gasteiger partial charge in [-0.3, -0.25) is 4.79 Å². The number of nitrogens with one attached hydrogen (secondary N) is 2. The van der Waals surface area contributed by atoms with Gasteiger partial charge < -0.3 is 10.1 Å². The van der Waals surface area contributed by atoms with Crippen molar-refractivity contribution in [2.75, 3.05) is 11.9 Å². The molecular weight excluding hydrogens is 505 g/mol. The van der Waals surface area contributed by atoms with Crippen LogP contribution < -0.4 is 14.8 Å². The number of hydrogen-bond acceptors (Lipinski definition) is 4. The number of amides is 1. The van der Waals surface area contributed by atoms with Crippen LogP contribution in [0.2, 0.25) is 5.02 Å². The molecule has 0 fully saturated rings. The number of benzene rings is 3. The fourth-order valence-electron chi connectivity index (χ4n) is 3.22. The Balaban J connectivity index is 1.87. The minimum absolute atomic E-state index is 0.0390. The monoisotopic (exact) mass is 526 g/mol. The van der Waals surface area contributed by atoms with E-state index in [0.717, 1.165) is 6.07 Å². The molecule has 6 nitrogen and oxygen atoms in total. The van der Waals surface area contributed by atoms with E-state index in [2.05, 4.69) is 10.0 Å². The highest BCUT2D eigenvalue weighted by Crippen LogP contribution is 2.36. The molecular formula is C24H22ClF3N2O4S. The molecule has 3 aromatic rings. The average Bonchev–Trinajstić information content (AvgIpc) is 2.80. The summed E-state index contributed by atoms with van der Waals surface area (Å²) in [6.45, 7) is 2.20. The molecule has 2 N–H and O–H groups in total. The van der Waals surface area contributed by atoms with Gasteiger partial charge in [0, 0.05) is 5.69 Å². The number of hydrogen-bond donors (Lipinski definition) is 2. The Labute approximate surface area is 206 Å². The lowest BCUT2D eigenvalue weighted by Gasteiger charge is -2.19. The van der Waals surface area contributed by atoms with Crippen molar-refractivity contribution in [3.8, 4) is 5.75 Å². The molecule has 0 saturated carbocycles. The van der Waals surface area contributed by atoms with Gasteiger partial charge in [-0.05, 0) is 61.4 Å². The highest BCUT2D eigenvalue weighted by atomic mass is 35.5. The van der Waals surface area contributed by atoms with Crippen LogP contribution in [0.1, 0.15) is 18.1 Å². The van der Waals surface area contributed by atoms with Crippen LogP contribution in [0, 0.1) is 0 Å². The van der Waals surface area contributed by atoms with Crippen molar-refractivity contribution in [3.63, 3.8) is 0 Å². The van der Waals surface area contributed by atoms with Gasteiger partial charge >= 0.3 is 6.18 Å². The van der Waals surface area contributed by atoms with E-state index in [4.69, 9.17) is 16.3 Å². The Morgan fingerprint density at radius 1 is 1.03 bits per heavy atom. The zero-order chi connectivity index (χ0) is 25.6. The molecule has 0 bridgehead atoms. The first-order chi connectivity index (χ1) is 16.5. The van der Waals surface area contributed by atoms with Gasteiger partial charge in [-0.15, -0.1) is 0 Å². The lowest BCUT2D eigenvalue weighted by atomic mass is 10.1. The number of alkyl halides is 3. The van der Waals surface area contributed by atoms with Crippen LogP contribution in [0.15, 0.2) is 77.7 Å². The molecule has 35 heavy (non-hydrogen) atoms. The Morgan fingerprint density at radius 2 is 1.69 bits per heavy atom. The summed E-state index contributed by atoms with van der Waals surface area (Å²) in [7, 11) is -4.15. The summed E-state index contributed by atoms with van der Waals surface area (Å²) < 4.78 is 73.3. The van der Waals surface area contributed by atoms with Crippen LogP contribution in [-0.2, 0) is 27.4 Å². The molecule has 0 unspecified atom stereocenters. The Kier molecular flexibility index (Phi) is 8.42. The number of anilines is 1. The molecule has 0 heterocycles. The summed E-state index contributed by atoms with van der Waals surface area (Å²) in [5, 5.41) is 1.84. The van der Waals surface area contributed by atoms with Crippen LogP contribution in [0.5, 0.6) is 5.75 Å². The van der Waals surface area contributed by atoms with Crippen LogP contribution >= 0.6 is 11.6 Å². The summed E-state index contributed by atoms with van der Waals surface area (Å²) in [4.78, 5) is 12.9. The minimum atomic E-state index is -4.73. The summed E-state index contributed by atoms with van der Waals surface area (Å²) in [6.07, 6.45) is -4.76. The molecule has 0 aliphatic heterocycles. The van der Waals surface area contributed by atoms with Gasteiger partial charge in [0.2, 0.25) is 15.9 Å². The molecule has 0 aliphatic carbocycles. The van der Waals surface area contributed by atoms with Gasteiger partial charge in [0.15, 0.2) is 0 Å². The average molecular weight is 527 g/mol. The molecule has 11 heteroatoms. The van der Waals surface area contributed by atoms with Crippen molar-refractivity contribution < 1.29 is 31.1 Å². The third-order valence-corrected chi connectivity index (χ3v) is 6.70. The van der Waals surface area contributed by atoms with E-state index >= 15 is 0 Å². The molecule has 0 radical (unpaired) electrons. The first-order valence-corrected chi connectivity index (χ1v) is 12.3. The van der Waals surface area contributed by atoms with Crippen molar-refractivity contribution in [1.82, 2.24) is 4.72 Å². The highest BCUT2D eigenvalue weighted by molar-refractivity contribution is 7.89. The largest absolute Gasteiger partial charge is 0.494 e. The third kappa shape index (κ3) is 7.20. The zero-order valence-corrected chi connectivity index (χ0v) is 20.0. The molecule has 1 atom stereocenters. The maximum absolute atomic E-state index is 13.2. The molecule has 186 valence electrons. The second kappa shape index (κ2) is 11.1. The number of ether oxygens (including phenoxy) is 1. The quantitative estimate of drug-likeness (QED) is 0.397. The van der Waals surface area contributed by atoms with Gasteiger partial charge in [-0.25, -0.2) is 8.42 Å². The van der Waals surface area contributed by atoms with Crippen LogP contribution in [0.4, 0.5) is 18.9 Å². The van der Waals surface area contributed by atoms with Crippen molar-refractivity contribution >= 4 is 33.2 Å². The van der Waals surface area contributed by atoms with Gasteiger partial charge in [0.25, 0.3) is 0 Å². The maximum Gasteiger partial charge on any atom is 0.417 e. The molecule has 0 aliphatic rings. The second-order valence-electron chi connectivity index (χ2n) is 7.45. The molecule has 1 amide bonds. The zero-order valence-electron chi connectivity index (χ0n) is 18.5. The van der Waals surface area contributed by atoms with E-state index in [1.807, 2.05) is 0 Å². The molecule has 0 saturated heterocycles. The maximum atomic E-state index is 13.2. The fraction of sp³-hybridized carbons (Fsp3) is 0.208. The van der Waals surface area contributed by atoms with Crippen LogP contribution in [-0.4, -0.2) is 27.0 Å². The van der Waals surface area contributed by atoms with E-state index < -0.39 is 38.7 Å². The Hall–Kier alpha value is -3.08. The molecule has 0 spiro atoms. The fourth-order valence-corrected chi connectivity index (χ4v) is 4.64. The standard InChI is InChI=1S/C24H22ClF3N2O4S/c1-2-34-18-9-11-19(12-10-18)35(32,33)30-22(14-16-6-4-3-5-7-16)23(31)29-17-8-13-21(25)20(15-17)24(26,27)28/h3-13,15,22,30H,2,14H2,1H3,(H,29,31)/t22-/m1/s1. The van der Waals surface area contributed by atoms with Crippen molar-refractivity contribution in [2.24, 2.45) is 0 Å². The summed E-state index contributed by atoms with van der Waals surface area (Å²) in [5.74, 6) is -0.355. The van der Waals surface area contributed by atoms with Crippen LogP contribution in [0.3, 0.4) is 0 Å². The van der Waals surface area contributed by atoms with Crippen molar-refractivity contribution in [3.05, 3.63) is 88.9 Å². The topological polar surface area (TPSA) is 84.5 Å². The number of halogens is 4. The number of rotatable bonds is 9. The van der Waals surface area contributed by atoms with Crippen LogP contribution in [0.25, 0.3) is 0 Å². The van der Waals surface area contributed by atoms with E-state index in [0.29, 0.717) is 24.0 Å². The number of carbonyl (C=O) groups is 1. The minimum Gasteiger partial charge on any atom is -0.494 e. The van der Waals surface area contributed by atoms with E-state index in [-0.39, 0.29) is 17.0 Å². The first-order valence-electron chi connectivity index (χ1n) is 10.5. The van der Waals surface area contributed by atoms with Gasteiger partial charge in [-0.2, -0.15) is 17.9 Å². The van der Waals surface area contributed by atoms with Crippen molar-refractivity contribution in [2.45, 2.75) is 30.5 Å². The lowest BCUT2D eigenvalue weighted by Crippen LogP contribution is -2.45. The highest BCUT2D eigenvalue weighted by Gasteiger charge is 2.34. The SMILES string of the molecule is CCOc1ccc(S(=O)(=O)N[C@H](Cc2ccccc2)C(=O)Nc2ccc(Cl)c(C(F)(F)F)c2)cc1. The molecule has 0 aromatic heterocycles. The Bertz CT molecular complexity index is 1270. The predicted molar refractivity (Wildman–Crippen MR) is 127 cm³/mol. The smallest absolute Gasteiger partial charge is 0.417 e. The molecule has 3 aromatic carbocycles. The number of sulfonamides is 1. The van der Waals surface area contributed by atoms with E-state index in [1.54, 1.807) is 37.3 Å². The third-order valence-electron chi connectivity index (χ3n) is 4.88.